The largest absolute Gasteiger partial charge is 0.465 e. The first kappa shape index (κ1) is 22.4. The first-order valence-electron chi connectivity index (χ1n) is 10.4. The Hall–Kier alpha value is -3.77. The lowest BCUT2D eigenvalue weighted by Gasteiger charge is -2.18. The summed E-state index contributed by atoms with van der Waals surface area (Å²) in [6.07, 6.45) is 0.207. The maximum absolute atomic E-state index is 13.4. The van der Waals surface area contributed by atoms with E-state index in [0.717, 1.165) is 11.1 Å². The van der Waals surface area contributed by atoms with Crippen LogP contribution in [0.2, 0.25) is 0 Å². The van der Waals surface area contributed by atoms with E-state index < -0.39 is 5.97 Å². The van der Waals surface area contributed by atoms with Gasteiger partial charge in [-0.2, -0.15) is 0 Å². The van der Waals surface area contributed by atoms with Crippen LogP contribution in [0.15, 0.2) is 90.3 Å². The van der Waals surface area contributed by atoms with Crippen LogP contribution < -0.4 is 5.32 Å². The Morgan fingerprint density at radius 2 is 1.48 bits per heavy atom. The molecule has 0 radical (unpaired) electrons. The zero-order chi connectivity index (χ0) is 23.2. The lowest BCUT2D eigenvalue weighted by Crippen LogP contribution is -2.17. The highest BCUT2D eigenvalue weighted by molar-refractivity contribution is 7.15. The highest BCUT2D eigenvalue weighted by atomic mass is 32.1. The molecular weight excluding hydrogens is 437 g/mol. The SMILES string of the molecule is COC(=O)c1c(-c2ccc(F)cc2)csc1NC(=O)CC(c1ccccc1)c1ccccc1. The van der Waals surface area contributed by atoms with Gasteiger partial charge in [0.15, 0.2) is 0 Å². The number of hydrogen-bond acceptors (Lipinski definition) is 4. The first-order chi connectivity index (χ1) is 16.1. The average molecular weight is 460 g/mol. The Morgan fingerprint density at radius 1 is 0.909 bits per heavy atom. The Kier molecular flexibility index (Phi) is 6.95. The maximum atomic E-state index is 13.4. The molecule has 1 N–H and O–H groups in total. The van der Waals surface area contributed by atoms with Crippen molar-refractivity contribution in [2.24, 2.45) is 0 Å². The summed E-state index contributed by atoms with van der Waals surface area (Å²) in [6, 6.07) is 25.5. The van der Waals surface area contributed by atoms with Gasteiger partial charge in [-0.1, -0.05) is 72.8 Å². The zero-order valence-corrected chi connectivity index (χ0v) is 18.8. The molecule has 0 fully saturated rings. The third-order valence-corrected chi connectivity index (χ3v) is 6.28. The van der Waals surface area contributed by atoms with E-state index in [-0.39, 0.29) is 29.6 Å². The second kappa shape index (κ2) is 10.2. The van der Waals surface area contributed by atoms with Crippen LogP contribution in [0, 0.1) is 5.82 Å². The van der Waals surface area contributed by atoms with Gasteiger partial charge in [0, 0.05) is 23.3 Å². The van der Waals surface area contributed by atoms with Gasteiger partial charge >= 0.3 is 5.97 Å². The molecule has 0 aliphatic carbocycles. The summed E-state index contributed by atoms with van der Waals surface area (Å²) in [5, 5.41) is 5.08. The fourth-order valence-corrected chi connectivity index (χ4v) is 4.73. The second-order valence-electron chi connectivity index (χ2n) is 7.48. The number of hydrogen-bond donors (Lipinski definition) is 1. The summed E-state index contributed by atoms with van der Waals surface area (Å²) in [7, 11) is 1.29. The molecule has 3 aromatic carbocycles. The number of esters is 1. The molecule has 0 saturated carbocycles. The van der Waals surface area contributed by atoms with Gasteiger partial charge < -0.3 is 10.1 Å². The Bertz CT molecular complexity index is 1200. The minimum atomic E-state index is -0.562. The number of benzene rings is 3. The lowest BCUT2D eigenvalue weighted by atomic mass is 9.88. The molecule has 1 aromatic heterocycles. The molecule has 4 nitrogen and oxygen atoms in total. The van der Waals surface area contributed by atoms with Crippen molar-refractivity contribution in [2.45, 2.75) is 12.3 Å². The molecule has 1 heterocycles. The number of carbonyl (C=O) groups excluding carboxylic acids is 2. The van der Waals surface area contributed by atoms with E-state index in [2.05, 4.69) is 5.32 Å². The zero-order valence-electron chi connectivity index (χ0n) is 18.0. The van der Waals surface area contributed by atoms with Gasteiger partial charge in [0.2, 0.25) is 5.91 Å². The van der Waals surface area contributed by atoms with Crippen LogP contribution in [0.1, 0.15) is 33.8 Å². The van der Waals surface area contributed by atoms with Crippen molar-refractivity contribution in [3.8, 4) is 11.1 Å². The second-order valence-corrected chi connectivity index (χ2v) is 8.36. The minimum absolute atomic E-state index is 0.134. The normalized spacial score (nSPS) is 10.8. The number of halogens is 1. The van der Waals surface area contributed by atoms with Gasteiger partial charge in [-0.3, -0.25) is 4.79 Å². The van der Waals surface area contributed by atoms with Gasteiger partial charge in [-0.25, -0.2) is 9.18 Å². The Morgan fingerprint density at radius 3 is 2.03 bits per heavy atom. The van der Waals surface area contributed by atoms with E-state index in [4.69, 9.17) is 4.74 Å². The summed E-state index contributed by atoms with van der Waals surface area (Å²) >= 11 is 1.24. The van der Waals surface area contributed by atoms with Crippen molar-refractivity contribution >= 4 is 28.2 Å². The third kappa shape index (κ3) is 5.18. The predicted octanol–water partition coefficient (Wildman–Crippen LogP) is 6.50. The summed E-state index contributed by atoms with van der Waals surface area (Å²) in [6.45, 7) is 0. The summed E-state index contributed by atoms with van der Waals surface area (Å²) < 4.78 is 18.3. The van der Waals surface area contributed by atoms with E-state index in [9.17, 15) is 14.0 Å². The van der Waals surface area contributed by atoms with Crippen molar-refractivity contribution in [3.05, 3.63) is 113 Å². The van der Waals surface area contributed by atoms with Crippen molar-refractivity contribution in [1.82, 2.24) is 0 Å². The number of anilines is 1. The minimum Gasteiger partial charge on any atom is -0.465 e. The standard InChI is InChI=1S/C27H22FNO3S/c1-32-27(31)25-23(20-12-14-21(28)15-13-20)17-33-26(25)29-24(30)16-22(18-8-4-2-5-9-18)19-10-6-3-7-11-19/h2-15,17,22H,16H2,1H3,(H,29,30). The number of amides is 1. The Balaban J connectivity index is 1.62. The smallest absolute Gasteiger partial charge is 0.341 e. The molecule has 0 unspecified atom stereocenters. The van der Waals surface area contributed by atoms with Gasteiger partial charge in [-0.15, -0.1) is 11.3 Å². The van der Waals surface area contributed by atoms with E-state index in [1.165, 1.54) is 30.6 Å². The monoisotopic (exact) mass is 459 g/mol. The number of rotatable bonds is 7. The first-order valence-corrected chi connectivity index (χ1v) is 11.3. The van der Waals surface area contributed by atoms with Crippen LogP contribution in [0.4, 0.5) is 9.39 Å². The summed E-state index contributed by atoms with van der Waals surface area (Å²) in [5.74, 6) is -1.28. The number of methoxy groups -OCH3 is 1. The maximum Gasteiger partial charge on any atom is 0.341 e. The highest BCUT2D eigenvalue weighted by Crippen LogP contribution is 2.37. The molecule has 33 heavy (non-hydrogen) atoms. The molecule has 0 aliphatic heterocycles. The molecule has 0 bridgehead atoms. The topological polar surface area (TPSA) is 55.4 Å². The predicted molar refractivity (Wildman–Crippen MR) is 129 cm³/mol. The van der Waals surface area contributed by atoms with Gasteiger partial charge in [0.1, 0.15) is 16.4 Å². The number of nitrogens with one attached hydrogen (secondary N) is 1. The van der Waals surface area contributed by atoms with Crippen LogP contribution >= 0.6 is 11.3 Å². The van der Waals surface area contributed by atoms with E-state index in [0.29, 0.717) is 16.1 Å². The van der Waals surface area contributed by atoms with E-state index in [1.54, 1.807) is 17.5 Å². The molecule has 0 atom stereocenters. The Labute approximate surface area is 195 Å². The average Bonchev–Trinajstić information content (AvgIpc) is 3.27. The van der Waals surface area contributed by atoms with E-state index in [1.807, 2.05) is 60.7 Å². The molecule has 6 heteroatoms. The van der Waals surface area contributed by atoms with Gasteiger partial charge in [-0.05, 0) is 28.8 Å². The molecule has 4 rings (SSSR count). The summed E-state index contributed by atoms with van der Waals surface area (Å²) in [5.41, 5.74) is 3.58. The van der Waals surface area contributed by atoms with Crippen molar-refractivity contribution < 1.29 is 18.7 Å². The van der Waals surface area contributed by atoms with Crippen molar-refractivity contribution in [1.29, 1.82) is 0 Å². The fourth-order valence-electron chi connectivity index (χ4n) is 3.76. The lowest BCUT2D eigenvalue weighted by molar-refractivity contribution is -0.116. The molecule has 0 spiro atoms. The third-order valence-electron chi connectivity index (χ3n) is 5.38. The van der Waals surface area contributed by atoms with Crippen LogP contribution in [-0.2, 0) is 9.53 Å². The van der Waals surface area contributed by atoms with Crippen LogP contribution in [-0.4, -0.2) is 19.0 Å². The van der Waals surface area contributed by atoms with E-state index >= 15 is 0 Å². The van der Waals surface area contributed by atoms with Gasteiger partial charge in [0.05, 0.1) is 7.11 Å². The summed E-state index contributed by atoms with van der Waals surface area (Å²) in [4.78, 5) is 25.7. The molecule has 0 aliphatic rings. The molecule has 4 aromatic rings. The molecule has 0 saturated heterocycles. The number of carbonyl (C=O) groups is 2. The van der Waals surface area contributed by atoms with Crippen LogP contribution in [0.5, 0.6) is 0 Å². The fraction of sp³-hybridized carbons (Fsp3) is 0.111. The van der Waals surface area contributed by atoms with Gasteiger partial charge in [0.25, 0.3) is 0 Å². The molecule has 166 valence electrons. The molecule has 1 amide bonds. The van der Waals surface area contributed by atoms with Crippen LogP contribution in [0.25, 0.3) is 11.1 Å². The van der Waals surface area contributed by atoms with Crippen molar-refractivity contribution in [2.75, 3.05) is 12.4 Å². The molecular formula is C27H22FNO3S. The highest BCUT2D eigenvalue weighted by Gasteiger charge is 2.24. The number of thiophene rings is 1. The van der Waals surface area contributed by atoms with Crippen LogP contribution in [0.3, 0.4) is 0 Å². The quantitative estimate of drug-likeness (QED) is 0.321. The number of ether oxygens (including phenoxy) is 1. The van der Waals surface area contributed by atoms with Crippen molar-refractivity contribution in [3.63, 3.8) is 0 Å².